The molecule has 1 amide bonds. The number of carbonyl (C=O) groups excluding carboxylic acids is 1. The minimum atomic E-state index is -0.422. The summed E-state index contributed by atoms with van der Waals surface area (Å²) in [5, 5.41) is 0. The molecule has 2 N–H and O–H groups in total. The van der Waals surface area contributed by atoms with Crippen molar-refractivity contribution in [3.63, 3.8) is 0 Å². The topological polar surface area (TPSA) is 56.0 Å². The Hall–Kier alpha value is -2.16. The van der Waals surface area contributed by atoms with E-state index in [1.165, 1.54) is 0 Å². The van der Waals surface area contributed by atoms with Gasteiger partial charge in [0.05, 0.1) is 5.69 Å². The summed E-state index contributed by atoms with van der Waals surface area (Å²) < 4.78 is 0. The normalized spacial score (nSPS) is 10.1. The van der Waals surface area contributed by atoms with Crippen LogP contribution in [0, 0.1) is 6.92 Å². The Kier molecular flexibility index (Phi) is 2.68. The van der Waals surface area contributed by atoms with Crippen molar-refractivity contribution in [3.05, 3.63) is 53.7 Å². The molecule has 0 atom stereocenters. The number of nitrogens with two attached hydrogens (primary N) is 1. The first-order chi connectivity index (χ1) is 7.66. The van der Waals surface area contributed by atoms with Crippen LogP contribution < -0.4 is 5.73 Å². The van der Waals surface area contributed by atoms with Gasteiger partial charge in [0.2, 0.25) is 5.91 Å². The molecule has 80 valence electrons. The van der Waals surface area contributed by atoms with Crippen LogP contribution >= 0.6 is 0 Å². The molecular formula is C13H12N2O. The molecule has 0 radical (unpaired) electrons. The van der Waals surface area contributed by atoms with E-state index in [-0.39, 0.29) is 0 Å². The fourth-order valence-electron chi connectivity index (χ4n) is 1.53. The number of carbonyl (C=O) groups is 1. The van der Waals surface area contributed by atoms with Crippen molar-refractivity contribution in [2.75, 3.05) is 0 Å². The summed E-state index contributed by atoms with van der Waals surface area (Å²) in [6.07, 6.45) is 1.75. The molecule has 0 bridgehead atoms. The minimum absolute atomic E-state index is 0.422. The van der Waals surface area contributed by atoms with E-state index < -0.39 is 5.91 Å². The van der Waals surface area contributed by atoms with Crippen LogP contribution in [0.15, 0.2) is 42.6 Å². The number of amides is 1. The lowest BCUT2D eigenvalue weighted by molar-refractivity contribution is 0.100. The Bertz CT molecular complexity index is 535. The van der Waals surface area contributed by atoms with Gasteiger partial charge in [0.25, 0.3) is 0 Å². The zero-order valence-electron chi connectivity index (χ0n) is 8.97. The Balaban J connectivity index is 2.48. The van der Waals surface area contributed by atoms with E-state index in [4.69, 9.17) is 5.73 Å². The highest BCUT2D eigenvalue weighted by atomic mass is 16.1. The molecule has 0 saturated heterocycles. The Morgan fingerprint density at radius 3 is 2.75 bits per heavy atom. The lowest BCUT2D eigenvalue weighted by Gasteiger charge is -2.03. The Labute approximate surface area is 93.9 Å². The summed E-state index contributed by atoms with van der Waals surface area (Å²) in [5.74, 6) is -0.422. The van der Waals surface area contributed by atoms with Gasteiger partial charge in [-0.15, -0.1) is 0 Å². The maximum Gasteiger partial charge on any atom is 0.248 e. The Morgan fingerprint density at radius 1 is 1.25 bits per heavy atom. The molecule has 1 aromatic heterocycles. The zero-order chi connectivity index (χ0) is 11.5. The third kappa shape index (κ3) is 2.08. The van der Waals surface area contributed by atoms with Crippen molar-refractivity contribution >= 4 is 5.91 Å². The number of pyridine rings is 1. The second-order valence-corrected chi connectivity index (χ2v) is 3.66. The number of hydrogen-bond donors (Lipinski definition) is 1. The van der Waals surface area contributed by atoms with Crippen LogP contribution in [0.25, 0.3) is 11.3 Å². The van der Waals surface area contributed by atoms with E-state index >= 15 is 0 Å². The van der Waals surface area contributed by atoms with E-state index in [9.17, 15) is 4.79 Å². The number of nitrogens with zero attached hydrogens (tertiary/aromatic N) is 1. The van der Waals surface area contributed by atoms with Crippen LogP contribution in [0.4, 0.5) is 0 Å². The molecule has 0 spiro atoms. The lowest BCUT2D eigenvalue weighted by Crippen LogP contribution is -2.10. The van der Waals surface area contributed by atoms with E-state index in [0.717, 1.165) is 16.8 Å². The molecule has 0 aliphatic rings. The van der Waals surface area contributed by atoms with Crippen LogP contribution in [0.5, 0.6) is 0 Å². The maximum atomic E-state index is 11.1. The van der Waals surface area contributed by atoms with Crippen LogP contribution in [0.2, 0.25) is 0 Å². The number of primary amides is 1. The van der Waals surface area contributed by atoms with Gasteiger partial charge in [-0.2, -0.15) is 0 Å². The first-order valence-corrected chi connectivity index (χ1v) is 5.00. The number of aryl methyl sites for hydroxylation is 1. The third-order valence-corrected chi connectivity index (χ3v) is 2.36. The first kappa shape index (κ1) is 10.4. The van der Waals surface area contributed by atoms with E-state index in [1.807, 2.05) is 25.1 Å². The maximum absolute atomic E-state index is 11.1. The summed E-state index contributed by atoms with van der Waals surface area (Å²) in [5.41, 5.74) is 8.62. The number of rotatable bonds is 2. The molecule has 2 rings (SSSR count). The van der Waals surface area contributed by atoms with Crippen molar-refractivity contribution < 1.29 is 4.79 Å². The van der Waals surface area contributed by atoms with E-state index in [2.05, 4.69) is 4.98 Å². The molecule has 0 fully saturated rings. The average molecular weight is 212 g/mol. The average Bonchev–Trinajstić information content (AvgIpc) is 2.29. The summed E-state index contributed by atoms with van der Waals surface area (Å²) in [6, 6.07) is 11.1. The van der Waals surface area contributed by atoms with Crippen molar-refractivity contribution in [3.8, 4) is 11.3 Å². The van der Waals surface area contributed by atoms with Crippen LogP contribution in [0.1, 0.15) is 15.9 Å². The van der Waals surface area contributed by atoms with Crippen LogP contribution in [-0.4, -0.2) is 10.9 Å². The fourth-order valence-corrected chi connectivity index (χ4v) is 1.53. The summed E-state index contributed by atoms with van der Waals surface area (Å²) in [6.45, 7) is 2.00. The molecule has 1 heterocycles. The zero-order valence-corrected chi connectivity index (χ0v) is 8.97. The van der Waals surface area contributed by atoms with Crippen molar-refractivity contribution in [1.82, 2.24) is 4.98 Å². The SMILES string of the molecule is Cc1ccnc(-c2cccc(C(N)=O)c2)c1. The fraction of sp³-hybridized carbons (Fsp3) is 0.0769. The first-order valence-electron chi connectivity index (χ1n) is 5.00. The Morgan fingerprint density at radius 2 is 2.06 bits per heavy atom. The van der Waals surface area contributed by atoms with Gasteiger partial charge in [-0.25, -0.2) is 0 Å². The van der Waals surface area contributed by atoms with Gasteiger partial charge in [0.15, 0.2) is 0 Å². The smallest absolute Gasteiger partial charge is 0.248 e. The predicted molar refractivity (Wildman–Crippen MR) is 62.9 cm³/mol. The highest BCUT2D eigenvalue weighted by Crippen LogP contribution is 2.18. The molecule has 3 nitrogen and oxygen atoms in total. The third-order valence-electron chi connectivity index (χ3n) is 2.36. The van der Waals surface area contributed by atoms with Gasteiger partial charge >= 0.3 is 0 Å². The van der Waals surface area contributed by atoms with Crippen LogP contribution in [0.3, 0.4) is 0 Å². The molecule has 3 heteroatoms. The quantitative estimate of drug-likeness (QED) is 0.829. The van der Waals surface area contributed by atoms with Crippen molar-refractivity contribution in [2.24, 2.45) is 5.73 Å². The molecule has 16 heavy (non-hydrogen) atoms. The molecule has 0 aliphatic carbocycles. The summed E-state index contributed by atoms with van der Waals surface area (Å²) >= 11 is 0. The number of aromatic nitrogens is 1. The van der Waals surface area contributed by atoms with Gasteiger partial charge in [0, 0.05) is 17.3 Å². The molecule has 2 aromatic rings. The highest BCUT2D eigenvalue weighted by Gasteiger charge is 2.03. The predicted octanol–water partition coefficient (Wildman–Crippen LogP) is 2.16. The minimum Gasteiger partial charge on any atom is -0.366 e. The second-order valence-electron chi connectivity index (χ2n) is 3.66. The van der Waals surface area contributed by atoms with E-state index in [1.54, 1.807) is 24.4 Å². The van der Waals surface area contributed by atoms with Crippen molar-refractivity contribution in [1.29, 1.82) is 0 Å². The monoisotopic (exact) mass is 212 g/mol. The number of hydrogen-bond acceptors (Lipinski definition) is 2. The van der Waals surface area contributed by atoms with Gasteiger partial charge in [0.1, 0.15) is 0 Å². The lowest BCUT2D eigenvalue weighted by atomic mass is 10.1. The molecule has 0 aliphatic heterocycles. The standard InChI is InChI=1S/C13H12N2O/c1-9-5-6-15-12(7-9)10-3-2-4-11(8-10)13(14)16/h2-8H,1H3,(H2,14,16). The molecular weight excluding hydrogens is 200 g/mol. The van der Waals surface area contributed by atoms with Crippen LogP contribution in [-0.2, 0) is 0 Å². The van der Waals surface area contributed by atoms with E-state index in [0.29, 0.717) is 5.56 Å². The van der Waals surface area contributed by atoms with Gasteiger partial charge in [-0.3, -0.25) is 9.78 Å². The summed E-state index contributed by atoms with van der Waals surface area (Å²) in [7, 11) is 0. The van der Waals surface area contributed by atoms with Crippen molar-refractivity contribution in [2.45, 2.75) is 6.92 Å². The second kappa shape index (κ2) is 4.14. The molecule has 0 saturated carbocycles. The van der Waals surface area contributed by atoms with Gasteiger partial charge in [-0.05, 0) is 36.8 Å². The van der Waals surface area contributed by atoms with Gasteiger partial charge < -0.3 is 5.73 Å². The van der Waals surface area contributed by atoms with Gasteiger partial charge in [-0.1, -0.05) is 12.1 Å². The summed E-state index contributed by atoms with van der Waals surface area (Å²) in [4.78, 5) is 15.3. The molecule has 1 aromatic carbocycles. The number of benzene rings is 1. The molecule has 0 unspecified atom stereocenters. The largest absolute Gasteiger partial charge is 0.366 e. The highest BCUT2D eigenvalue weighted by molar-refractivity contribution is 5.93.